The molecular weight excluding hydrogens is 344 g/mol. The second kappa shape index (κ2) is 7.18. The molecule has 6 heteroatoms. The molecule has 1 amide bonds. The van der Waals surface area contributed by atoms with Gasteiger partial charge in [0.05, 0.1) is 23.3 Å². The summed E-state index contributed by atoms with van der Waals surface area (Å²) in [5.41, 5.74) is 2.52. The standard InChI is InChI=1S/C21H26N2O4/c1-13-6-7-18-15(10-13)11-17(14(2)22-18)19(24)26-16-8-9-23(12-16)20(25)27-21(3,4)5/h6-7,10-11,16H,8-9,12H2,1-5H3/t16-/m0/s1. The predicted octanol–water partition coefficient (Wildman–Crippen LogP) is 4.02. The van der Waals surface area contributed by atoms with E-state index in [0.29, 0.717) is 30.8 Å². The van der Waals surface area contributed by atoms with E-state index in [2.05, 4.69) is 4.98 Å². The van der Waals surface area contributed by atoms with Crippen LogP contribution in [0.4, 0.5) is 4.79 Å². The average Bonchev–Trinajstić information content (AvgIpc) is 3.01. The molecule has 2 heterocycles. The van der Waals surface area contributed by atoms with Crippen molar-refractivity contribution >= 4 is 23.0 Å². The third-order valence-corrected chi connectivity index (χ3v) is 4.45. The fraction of sp³-hybridized carbons (Fsp3) is 0.476. The van der Waals surface area contributed by atoms with Gasteiger partial charge in [-0.2, -0.15) is 0 Å². The highest BCUT2D eigenvalue weighted by Gasteiger charge is 2.32. The number of rotatable bonds is 2. The highest BCUT2D eigenvalue weighted by atomic mass is 16.6. The number of carbonyl (C=O) groups excluding carboxylic acids is 2. The molecule has 1 saturated heterocycles. The summed E-state index contributed by atoms with van der Waals surface area (Å²) in [6.45, 7) is 10.2. The van der Waals surface area contributed by atoms with Crippen molar-refractivity contribution in [2.45, 2.75) is 52.7 Å². The fourth-order valence-electron chi connectivity index (χ4n) is 3.13. The number of likely N-dealkylation sites (tertiary alicyclic amines) is 1. The highest BCUT2D eigenvalue weighted by molar-refractivity contribution is 5.95. The van der Waals surface area contributed by atoms with Gasteiger partial charge in [0.2, 0.25) is 0 Å². The van der Waals surface area contributed by atoms with E-state index in [1.165, 1.54) is 0 Å². The minimum absolute atomic E-state index is 0.336. The van der Waals surface area contributed by atoms with Crippen molar-refractivity contribution in [1.82, 2.24) is 9.88 Å². The number of ether oxygens (including phenoxy) is 2. The first-order chi connectivity index (χ1) is 12.6. The molecule has 0 unspecified atom stereocenters. The Kier molecular flexibility index (Phi) is 5.09. The van der Waals surface area contributed by atoms with Crippen LogP contribution in [0.1, 0.15) is 48.8 Å². The molecule has 1 aromatic heterocycles. The summed E-state index contributed by atoms with van der Waals surface area (Å²) in [4.78, 5) is 30.9. The monoisotopic (exact) mass is 370 g/mol. The molecule has 0 N–H and O–H groups in total. The molecule has 0 aliphatic carbocycles. The van der Waals surface area contributed by atoms with Gasteiger partial charge in [0.1, 0.15) is 11.7 Å². The molecule has 1 aromatic carbocycles. The van der Waals surface area contributed by atoms with Gasteiger partial charge in [-0.3, -0.25) is 4.98 Å². The maximum absolute atomic E-state index is 12.7. The lowest BCUT2D eigenvalue weighted by molar-refractivity contribution is 0.0191. The Morgan fingerprint density at radius 2 is 1.93 bits per heavy atom. The minimum atomic E-state index is -0.544. The molecule has 2 aromatic rings. The summed E-state index contributed by atoms with van der Waals surface area (Å²) in [5.74, 6) is -0.403. The average molecular weight is 370 g/mol. The van der Waals surface area contributed by atoms with Gasteiger partial charge in [-0.05, 0) is 52.8 Å². The van der Waals surface area contributed by atoms with Gasteiger partial charge in [-0.25, -0.2) is 9.59 Å². The van der Waals surface area contributed by atoms with Crippen LogP contribution in [-0.4, -0.2) is 46.7 Å². The van der Waals surface area contributed by atoms with Crippen molar-refractivity contribution in [2.75, 3.05) is 13.1 Å². The normalized spacial score (nSPS) is 17.2. The van der Waals surface area contributed by atoms with Crippen molar-refractivity contribution in [2.24, 2.45) is 0 Å². The molecule has 1 aliphatic rings. The van der Waals surface area contributed by atoms with Crippen LogP contribution >= 0.6 is 0 Å². The van der Waals surface area contributed by atoms with Gasteiger partial charge >= 0.3 is 12.1 Å². The van der Waals surface area contributed by atoms with E-state index < -0.39 is 11.6 Å². The highest BCUT2D eigenvalue weighted by Crippen LogP contribution is 2.22. The lowest BCUT2D eigenvalue weighted by Crippen LogP contribution is -2.36. The van der Waals surface area contributed by atoms with E-state index >= 15 is 0 Å². The summed E-state index contributed by atoms with van der Waals surface area (Å²) in [7, 11) is 0. The second-order valence-electron chi connectivity index (χ2n) is 8.06. The van der Waals surface area contributed by atoms with Crippen LogP contribution < -0.4 is 0 Å². The topological polar surface area (TPSA) is 68.7 Å². The minimum Gasteiger partial charge on any atom is -0.457 e. The van der Waals surface area contributed by atoms with E-state index in [1.54, 1.807) is 11.8 Å². The van der Waals surface area contributed by atoms with Gasteiger partial charge in [0.15, 0.2) is 0 Å². The van der Waals surface area contributed by atoms with Crippen LogP contribution in [-0.2, 0) is 9.47 Å². The van der Waals surface area contributed by atoms with E-state index in [-0.39, 0.29) is 12.2 Å². The summed E-state index contributed by atoms with van der Waals surface area (Å²) in [6.07, 6.45) is -0.109. The van der Waals surface area contributed by atoms with Crippen molar-refractivity contribution in [3.8, 4) is 0 Å². The zero-order chi connectivity index (χ0) is 19.8. The molecule has 1 fully saturated rings. The number of hydrogen-bond acceptors (Lipinski definition) is 5. The number of carbonyl (C=O) groups is 2. The quantitative estimate of drug-likeness (QED) is 0.747. The Balaban J connectivity index is 1.68. The number of fused-ring (bicyclic) bond motifs is 1. The third kappa shape index (κ3) is 4.56. The number of benzene rings is 1. The maximum Gasteiger partial charge on any atom is 0.410 e. The fourth-order valence-corrected chi connectivity index (χ4v) is 3.13. The number of esters is 1. The van der Waals surface area contributed by atoms with Gasteiger partial charge < -0.3 is 14.4 Å². The zero-order valence-corrected chi connectivity index (χ0v) is 16.5. The van der Waals surface area contributed by atoms with Gasteiger partial charge in [0.25, 0.3) is 0 Å². The smallest absolute Gasteiger partial charge is 0.410 e. The largest absolute Gasteiger partial charge is 0.457 e. The van der Waals surface area contributed by atoms with Crippen LogP contribution in [0, 0.1) is 13.8 Å². The molecule has 0 bridgehead atoms. The molecule has 0 saturated carbocycles. The molecule has 0 radical (unpaired) electrons. The number of nitrogens with zero attached hydrogens (tertiary/aromatic N) is 2. The SMILES string of the molecule is Cc1ccc2nc(C)c(C(=O)O[C@H]3CCN(C(=O)OC(C)(C)C)C3)cc2c1. The van der Waals surface area contributed by atoms with Crippen molar-refractivity contribution < 1.29 is 19.1 Å². The molecule has 1 aliphatic heterocycles. The number of aromatic nitrogens is 1. The Morgan fingerprint density at radius 1 is 1.19 bits per heavy atom. The van der Waals surface area contributed by atoms with E-state index in [9.17, 15) is 9.59 Å². The molecule has 1 atom stereocenters. The van der Waals surface area contributed by atoms with E-state index in [1.807, 2.05) is 52.0 Å². The summed E-state index contributed by atoms with van der Waals surface area (Å²) in [5, 5.41) is 0.911. The number of amides is 1. The number of aryl methyl sites for hydroxylation is 2. The lowest BCUT2D eigenvalue weighted by Gasteiger charge is -2.24. The predicted molar refractivity (Wildman–Crippen MR) is 103 cm³/mol. The van der Waals surface area contributed by atoms with Crippen LogP contribution in [0.25, 0.3) is 10.9 Å². The molecule has 3 rings (SSSR count). The summed E-state index contributed by atoms with van der Waals surface area (Å²) < 4.78 is 11.0. The van der Waals surface area contributed by atoms with Crippen LogP contribution in [0.5, 0.6) is 0 Å². The third-order valence-electron chi connectivity index (χ3n) is 4.45. The first-order valence-corrected chi connectivity index (χ1v) is 9.19. The Labute approximate surface area is 159 Å². The second-order valence-corrected chi connectivity index (χ2v) is 8.06. The molecular formula is C21H26N2O4. The van der Waals surface area contributed by atoms with Crippen LogP contribution in [0.15, 0.2) is 24.3 Å². The van der Waals surface area contributed by atoms with E-state index in [4.69, 9.17) is 9.47 Å². The summed E-state index contributed by atoms with van der Waals surface area (Å²) in [6, 6.07) is 7.77. The first-order valence-electron chi connectivity index (χ1n) is 9.19. The Bertz CT molecular complexity index is 886. The van der Waals surface area contributed by atoms with Gasteiger partial charge in [-0.15, -0.1) is 0 Å². The lowest BCUT2D eigenvalue weighted by atomic mass is 10.1. The van der Waals surface area contributed by atoms with Crippen LogP contribution in [0.2, 0.25) is 0 Å². The van der Waals surface area contributed by atoms with Crippen LogP contribution in [0.3, 0.4) is 0 Å². The van der Waals surface area contributed by atoms with Crippen molar-refractivity contribution in [1.29, 1.82) is 0 Å². The van der Waals surface area contributed by atoms with E-state index in [0.717, 1.165) is 16.5 Å². The zero-order valence-electron chi connectivity index (χ0n) is 16.5. The molecule has 0 spiro atoms. The molecule has 27 heavy (non-hydrogen) atoms. The Morgan fingerprint density at radius 3 is 2.63 bits per heavy atom. The van der Waals surface area contributed by atoms with Crippen molar-refractivity contribution in [3.63, 3.8) is 0 Å². The molecule has 144 valence electrons. The maximum atomic E-state index is 12.7. The summed E-state index contributed by atoms with van der Waals surface area (Å²) >= 11 is 0. The Hall–Kier alpha value is -2.63. The van der Waals surface area contributed by atoms with Gasteiger partial charge in [-0.1, -0.05) is 11.6 Å². The van der Waals surface area contributed by atoms with Gasteiger partial charge in [0, 0.05) is 18.4 Å². The molecule has 6 nitrogen and oxygen atoms in total. The number of pyridine rings is 1. The number of hydrogen-bond donors (Lipinski definition) is 0. The van der Waals surface area contributed by atoms with Crippen molar-refractivity contribution in [3.05, 3.63) is 41.1 Å². The first kappa shape index (κ1) is 19.1.